The maximum Gasteiger partial charge on any atom is 0.265 e. The van der Waals surface area contributed by atoms with Crippen molar-refractivity contribution in [3.05, 3.63) is 27.7 Å². The third kappa shape index (κ3) is 3.76. The van der Waals surface area contributed by atoms with Crippen LogP contribution in [-0.4, -0.2) is 42.1 Å². The second-order valence-corrected chi connectivity index (χ2v) is 6.62. The van der Waals surface area contributed by atoms with Crippen LogP contribution < -0.4 is 14.8 Å². The highest BCUT2D eigenvalue weighted by molar-refractivity contribution is 9.10. The number of benzene rings is 1. The Morgan fingerprint density at radius 2 is 2.00 bits per heavy atom. The van der Waals surface area contributed by atoms with Gasteiger partial charge >= 0.3 is 0 Å². The number of carbonyl (C=O) groups excluding carboxylic acids is 2. The molecule has 1 aromatic rings. The normalized spacial score (nSPS) is 16.7. The van der Waals surface area contributed by atoms with Crippen LogP contribution in [0.15, 0.2) is 22.2 Å². The molecular weight excluding hydrogens is 396 g/mol. The lowest BCUT2D eigenvalue weighted by molar-refractivity contribution is -0.128. The molecule has 0 atom stereocenters. The van der Waals surface area contributed by atoms with Gasteiger partial charge in [-0.05, 0) is 65.8 Å². The smallest absolute Gasteiger partial charge is 0.265 e. The van der Waals surface area contributed by atoms with E-state index in [0.29, 0.717) is 21.5 Å². The molecule has 0 aromatic heterocycles. The van der Waals surface area contributed by atoms with Gasteiger partial charge in [-0.1, -0.05) is 0 Å². The fraction of sp³-hybridized carbons (Fsp3) is 0.312. The van der Waals surface area contributed by atoms with Crippen molar-refractivity contribution in [2.75, 3.05) is 14.2 Å². The molecule has 0 bridgehead atoms. The van der Waals surface area contributed by atoms with Crippen LogP contribution >= 0.6 is 28.1 Å². The Balaban J connectivity index is 2.46. The number of carbonyl (C=O) groups is 2. The number of nitrogens with one attached hydrogen (secondary N) is 1. The van der Waals surface area contributed by atoms with E-state index in [4.69, 9.17) is 21.7 Å². The van der Waals surface area contributed by atoms with Crippen LogP contribution in [0.4, 0.5) is 0 Å². The van der Waals surface area contributed by atoms with Crippen molar-refractivity contribution < 1.29 is 19.1 Å². The summed E-state index contributed by atoms with van der Waals surface area (Å²) in [6.07, 6.45) is 1.46. The topological polar surface area (TPSA) is 67.9 Å². The minimum atomic E-state index is -0.527. The first kappa shape index (κ1) is 18.4. The van der Waals surface area contributed by atoms with Crippen molar-refractivity contribution in [1.82, 2.24) is 10.2 Å². The molecule has 1 saturated heterocycles. The Kier molecular flexibility index (Phi) is 5.61. The van der Waals surface area contributed by atoms with Gasteiger partial charge in [0.1, 0.15) is 5.57 Å². The lowest BCUT2D eigenvalue weighted by Crippen LogP contribution is -2.52. The molecule has 0 spiro atoms. The summed E-state index contributed by atoms with van der Waals surface area (Å²) < 4.78 is 11.7. The summed E-state index contributed by atoms with van der Waals surface area (Å²) in [6, 6.07) is 3.45. The van der Waals surface area contributed by atoms with E-state index in [-0.39, 0.29) is 16.8 Å². The van der Waals surface area contributed by atoms with Crippen LogP contribution in [0.2, 0.25) is 0 Å². The summed E-state index contributed by atoms with van der Waals surface area (Å²) in [4.78, 5) is 25.5. The molecule has 1 fully saturated rings. The standard InChI is InChI=1S/C16H17BrN2O4S/c1-8(2)23-13-11(17)6-9(7-12(13)22-4)5-10-14(20)18-16(24)19(3)15(10)21/h5-8H,1-4H3,(H,18,20,24)/b10-5+. The van der Waals surface area contributed by atoms with Gasteiger partial charge in [0.25, 0.3) is 11.8 Å². The zero-order valence-corrected chi connectivity index (χ0v) is 16.1. The number of hydrogen-bond acceptors (Lipinski definition) is 5. The molecule has 1 aliphatic heterocycles. The third-order valence-corrected chi connectivity index (χ3v) is 4.19. The minimum Gasteiger partial charge on any atom is -0.493 e. The monoisotopic (exact) mass is 412 g/mol. The molecule has 2 rings (SSSR count). The van der Waals surface area contributed by atoms with Gasteiger partial charge in [0.2, 0.25) is 0 Å². The van der Waals surface area contributed by atoms with Crippen molar-refractivity contribution in [1.29, 1.82) is 0 Å². The molecule has 1 aromatic carbocycles. The van der Waals surface area contributed by atoms with Gasteiger partial charge < -0.3 is 9.47 Å². The van der Waals surface area contributed by atoms with E-state index in [1.54, 1.807) is 12.1 Å². The summed E-state index contributed by atoms with van der Waals surface area (Å²) in [5.74, 6) is 0.0758. The van der Waals surface area contributed by atoms with E-state index in [0.717, 1.165) is 0 Å². The first-order valence-corrected chi connectivity index (χ1v) is 8.34. The molecule has 6 nitrogen and oxygen atoms in total. The second kappa shape index (κ2) is 7.31. The largest absolute Gasteiger partial charge is 0.493 e. The molecule has 1 heterocycles. The molecule has 2 amide bonds. The van der Waals surface area contributed by atoms with E-state index in [1.165, 1.54) is 25.1 Å². The highest BCUT2D eigenvalue weighted by Gasteiger charge is 2.30. The van der Waals surface area contributed by atoms with E-state index >= 15 is 0 Å². The van der Waals surface area contributed by atoms with E-state index in [1.807, 2.05) is 13.8 Å². The Labute approximate surface area is 153 Å². The average Bonchev–Trinajstić information content (AvgIpc) is 2.51. The Hall–Kier alpha value is -1.93. The molecule has 0 radical (unpaired) electrons. The number of thiocarbonyl (C=S) groups is 1. The minimum absolute atomic E-state index is 0.00224. The lowest BCUT2D eigenvalue weighted by Gasteiger charge is -2.25. The molecule has 1 N–H and O–H groups in total. The Morgan fingerprint density at radius 1 is 1.33 bits per heavy atom. The molecule has 0 unspecified atom stereocenters. The maximum atomic E-state index is 12.2. The summed E-state index contributed by atoms with van der Waals surface area (Å²) in [5.41, 5.74) is 0.618. The van der Waals surface area contributed by atoms with Gasteiger partial charge in [-0.25, -0.2) is 0 Å². The first-order valence-electron chi connectivity index (χ1n) is 7.13. The Morgan fingerprint density at radius 3 is 2.58 bits per heavy atom. The first-order chi connectivity index (χ1) is 11.2. The summed E-state index contributed by atoms with van der Waals surface area (Å²) in [7, 11) is 3.03. The van der Waals surface area contributed by atoms with Crippen molar-refractivity contribution in [2.24, 2.45) is 0 Å². The number of amides is 2. The maximum absolute atomic E-state index is 12.2. The van der Waals surface area contributed by atoms with Crippen molar-refractivity contribution in [3.8, 4) is 11.5 Å². The van der Waals surface area contributed by atoms with Crippen molar-refractivity contribution >= 4 is 51.2 Å². The summed E-state index contributed by atoms with van der Waals surface area (Å²) in [5, 5.41) is 2.56. The van der Waals surface area contributed by atoms with Crippen molar-refractivity contribution in [3.63, 3.8) is 0 Å². The molecule has 128 valence electrons. The van der Waals surface area contributed by atoms with Crippen LogP contribution in [0.25, 0.3) is 6.08 Å². The number of halogens is 1. The molecular formula is C16H17BrN2O4S. The number of ether oxygens (including phenoxy) is 2. The lowest BCUT2D eigenvalue weighted by atomic mass is 10.1. The molecule has 24 heavy (non-hydrogen) atoms. The number of hydrogen-bond donors (Lipinski definition) is 1. The number of nitrogens with zero attached hydrogens (tertiary/aromatic N) is 1. The zero-order valence-electron chi connectivity index (χ0n) is 13.7. The van der Waals surface area contributed by atoms with Crippen LogP contribution in [0.1, 0.15) is 19.4 Å². The average molecular weight is 413 g/mol. The predicted octanol–water partition coefficient (Wildman–Crippen LogP) is 2.50. The van der Waals surface area contributed by atoms with Gasteiger partial charge in [0.15, 0.2) is 16.6 Å². The van der Waals surface area contributed by atoms with Crippen LogP contribution in [0, 0.1) is 0 Å². The highest BCUT2D eigenvalue weighted by Crippen LogP contribution is 2.38. The molecule has 8 heteroatoms. The Bertz CT molecular complexity index is 746. The van der Waals surface area contributed by atoms with E-state index in [9.17, 15) is 9.59 Å². The molecule has 0 saturated carbocycles. The van der Waals surface area contributed by atoms with Crippen LogP contribution in [0.5, 0.6) is 11.5 Å². The summed E-state index contributed by atoms with van der Waals surface area (Å²) >= 11 is 8.35. The van der Waals surface area contributed by atoms with Gasteiger partial charge in [0.05, 0.1) is 17.7 Å². The van der Waals surface area contributed by atoms with Gasteiger partial charge in [0, 0.05) is 7.05 Å². The third-order valence-electron chi connectivity index (χ3n) is 3.22. The van der Waals surface area contributed by atoms with Crippen LogP contribution in [0.3, 0.4) is 0 Å². The van der Waals surface area contributed by atoms with Gasteiger partial charge in [-0.2, -0.15) is 0 Å². The number of rotatable bonds is 4. The SMILES string of the molecule is COc1cc(/C=C2\C(=O)NC(=S)N(C)C2=O)cc(Br)c1OC(C)C. The van der Waals surface area contributed by atoms with Gasteiger partial charge in [-0.3, -0.25) is 19.8 Å². The molecule has 0 aliphatic carbocycles. The fourth-order valence-electron chi connectivity index (χ4n) is 2.09. The van der Waals surface area contributed by atoms with Gasteiger partial charge in [-0.15, -0.1) is 0 Å². The zero-order chi connectivity index (χ0) is 18.0. The number of methoxy groups -OCH3 is 1. The number of likely N-dealkylation sites (N-methyl/N-ethyl adjacent to an activating group) is 1. The quantitative estimate of drug-likeness (QED) is 0.467. The van der Waals surface area contributed by atoms with Crippen molar-refractivity contribution in [2.45, 2.75) is 20.0 Å². The van der Waals surface area contributed by atoms with E-state index in [2.05, 4.69) is 21.2 Å². The second-order valence-electron chi connectivity index (χ2n) is 5.38. The van der Waals surface area contributed by atoms with Crippen LogP contribution in [-0.2, 0) is 9.59 Å². The fourth-order valence-corrected chi connectivity index (χ4v) is 2.81. The highest BCUT2D eigenvalue weighted by atomic mass is 79.9. The molecule has 1 aliphatic rings. The summed E-state index contributed by atoms with van der Waals surface area (Å²) in [6.45, 7) is 3.82. The predicted molar refractivity (Wildman–Crippen MR) is 97.9 cm³/mol. The van der Waals surface area contributed by atoms with E-state index < -0.39 is 11.8 Å².